The van der Waals surface area contributed by atoms with E-state index in [0.717, 1.165) is 19.3 Å². The monoisotopic (exact) mass is 387 g/mol. The molecule has 1 aliphatic rings. The number of rotatable bonds is 5. The van der Waals surface area contributed by atoms with Crippen LogP contribution in [0.3, 0.4) is 0 Å². The van der Waals surface area contributed by atoms with Gasteiger partial charge < -0.3 is 9.88 Å². The predicted molar refractivity (Wildman–Crippen MR) is 101 cm³/mol. The standard InChI is InChI=1S/C19H22FN5OS/c1-13(17(26)22-19(12-21)10-6-3-7-11-19)27-18-24-23-16(25(18)2)14-8-4-5-9-15(14)20/h4-5,8-9,13H,3,6-7,10-11H2,1-2H3,(H,22,26). The van der Waals surface area contributed by atoms with E-state index in [-0.39, 0.29) is 11.7 Å². The molecule has 0 radical (unpaired) electrons. The summed E-state index contributed by atoms with van der Waals surface area (Å²) in [5, 5.41) is 20.7. The Hall–Kier alpha value is -2.40. The van der Waals surface area contributed by atoms with E-state index in [1.54, 1.807) is 36.7 Å². The first-order valence-corrected chi connectivity index (χ1v) is 9.88. The SMILES string of the molecule is CC(Sc1nnc(-c2ccccc2F)n1C)C(=O)NC1(C#N)CCCCC1. The molecular formula is C19H22FN5OS. The zero-order chi connectivity index (χ0) is 19.4. The highest BCUT2D eigenvalue weighted by Gasteiger charge is 2.35. The zero-order valence-corrected chi connectivity index (χ0v) is 16.2. The Labute approximate surface area is 162 Å². The van der Waals surface area contributed by atoms with Crippen LogP contribution in [0.2, 0.25) is 0 Å². The third kappa shape index (κ3) is 4.14. The van der Waals surface area contributed by atoms with E-state index in [9.17, 15) is 14.4 Å². The molecule has 1 aromatic carbocycles. The molecule has 1 atom stereocenters. The van der Waals surface area contributed by atoms with Gasteiger partial charge in [0.1, 0.15) is 11.4 Å². The van der Waals surface area contributed by atoms with Gasteiger partial charge in [-0.1, -0.05) is 43.2 Å². The Kier molecular flexibility index (Phi) is 5.80. The minimum Gasteiger partial charge on any atom is -0.337 e. The first kappa shape index (κ1) is 19.4. The summed E-state index contributed by atoms with van der Waals surface area (Å²) in [6.07, 6.45) is 4.37. The molecular weight excluding hydrogens is 365 g/mol. The van der Waals surface area contributed by atoms with Crippen molar-refractivity contribution in [3.05, 3.63) is 30.1 Å². The van der Waals surface area contributed by atoms with Crippen molar-refractivity contribution in [3.63, 3.8) is 0 Å². The summed E-state index contributed by atoms with van der Waals surface area (Å²) in [5.74, 6) is -0.161. The van der Waals surface area contributed by atoms with E-state index in [4.69, 9.17) is 0 Å². The summed E-state index contributed by atoms with van der Waals surface area (Å²) in [7, 11) is 1.74. The largest absolute Gasteiger partial charge is 0.337 e. The van der Waals surface area contributed by atoms with Crippen LogP contribution < -0.4 is 5.32 Å². The van der Waals surface area contributed by atoms with Crippen molar-refractivity contribution in [2.24, 2.45) is 7.05 Å². The fraction of sp³-hybridized carbons (Fsp3) is 0.474. The lowest BCUT2D eigenvalue weighted by Gasteiger charge is -2.32. The van der Waals surface area contributed by atoms with E-state index in [1.807, 2.05) is 0 Å². The second-order valence-corrected chi connectivity index (χ2v) is 8.16. The predicted octanol–water partition coefficient (Wildman–Crippen LogP) is 3.44. The fourth-order valence-electron chi connectivity index (χ4n) is 3.26. The van der Waals surface area contributed by atoms with Crippen LogP contribution in [0.5, 0.6) is 0 Å². The van der Waals surface area contributed by atoms with Gasteiger partial charge in [-0.05, 0) is 31.9 Å². The Morgan fingerprint density at radius 2 is 2.04 bits per heavy atom. The molecule has 1 N–H and O–H groups in total. The summed E-state index contributed by atoms with van der Waals surface area (Å²) >= 11 is 1.24. The van der Waals surface area contributed by atoms with Gasteiger partial charge in [0.2, 0.25) is 5.91 Å². The van der Waals surface area contributed by atoms with Crippen LogP contribution in [0.1, 0.15) is 39.0 Å². The molecule has 0 saturated heterocycles. The molecule has 0 aliphatic heterocycles. The Bertz CT molecular complexity index is 869. The molecule has 1 amide bonds. The van der Waals surface area contributed by atoms with Gasteiger partial charge in [0, 0.05) is 7.05 Å². The quantitative estimate of drug-likeness (QED) is 0.795. The smallest absolute Gasteiger partial charge is 0.234 e. The molecule has 1 fully saturated rings. The third-order valence-electron chi connectivity index (χ3n) is 4.88. The molecule has 8 heteroatoms. The van der Waals surface area contributed by atoms with E-state index in [0.29, 0.717) is 29.4 Å². The van der Waals surface area contributed by atoms with Crippen LogP contribution in [0.25, 0.3) is 11.4 Å². The highest BCUT2D eigenvalue weighted by Crippen LogP contribution is 2.30. The van der Waals surface area contributed by atoms with Gasteiger partial charge in [0.15, 0.2) is 11.0 Å². The number of benzene rings is 1. The summed E-state index contributed by atoms with van der Waals surface area (Å²) in [4.78, 5) is 12.6. The summed E-state index contributed by atoms with van der Waals surface area (Å²) in [6.45, 7) is 1.77. The Morgan fingerprint density at radius 1 is 1.33 bits per heavy atom. The number of amides is 1. The number of hydrogen-bond acceptors (Lipinski definition) is 5. The molecule has 1 heterocycles. The van der Waals surface area contributed by atoms with E-state index in [2.05, 4.69) is 21.6 Å². The second kappa shape index (κ2) is 8.09. The minimum atomic E-state index is -0.762. The summed E-state index contributed by atoms with van der Waals surface area (Å²) < 4.78 is 15.7. The number of thioether (sulfide) groups is 1. The van der Waals surface area contributed by atoms with Crippen molar-refractivity contribution < 1.29 is 9.18 Å². The van der Waals surface area contributed by atoms with Gasteiger partial charge >= 0.3 is 0 Å². The highest BCUT2D eigenvalue weighted by molar-refractivity contribution is 8.00. The zero-order valence-electron chi connectivity index (χ0n) is 15.4. The van der Waals surface area contributed by atoms with E-state index >= 15 is 0 Å². The average molecular weight is 387 g/mol. The van der Waals surface area contributed by atoms with Crippen LogP contribution in [-0.2, 0) is 11.8 Å². The van der Waals surface area contributed by atoms with Gasteiger partial charge in [0.05, 0.1) is 16.9 Å². The second-order valence-electron chi connectivity index (χ2n) is 6.85. The van der Waals surface area contributed by atoms with Crippen molar-refractivity contribution >= 4 is 17.7 Å². The molecule has 1 aliphatic carbocycles. The Balaban J connectivity index is 1.71. The number of hydrogen-bond donors (Lipinski definition) is 1. The van der Waals surface area contributed by atoms with Gasteiger partial charge in [0.25, 0.3) is 0 Å². The normalized spacial score (nSPS) is 17.1. The van der Waals surface area contributed by atoms with Crippen molar-refractivity contribution in [1.29, 1.82) is 5.26 Å². The molecule has 27 heavy (non-hydrogen) atoms. The number of aromatic nitrogens is 3. The number of nitrogens with zero attached hydrogens (tertiary/aromatic N) is 4. The summed E-state index contributed by atoms with van der Waals surface area (Å²) in [5.41, 5.74) is -0.398. The molecule has 3 rings (SSSR count). The van der Waals surface area contributed by atoms with Gasteiger partial charge in [-0.3, -0.25) is 4.79 Å². The lowest BCUT2D eigenvalue weighted by molar-refractivity contribution is -0.121. The summed E-state index contributed by atoms with van der Waals surface area (Å²) in [6, 6.07) is 8.67. The van der Waals surface area contributed by atoms with Crippen molar-refractivity contribution in [2.75, 3.05) is 0 Å². The van der Waals surface area contributed by atoms with Crippen molar-refractivity contribution in [1.82, 2.24) is 20.1 Å². The maximum Gasteiger partial charge on any atom is 0.234 e. The molecule has 0 bridgehead atoms. The fourth-order valence-corrected chi connectivity index (χ4v) is 4.08. The molecule has 6 nitrogen and oxygen atoms in total. The van der Waals surface area contributed by atoms with Crippen LogP contribution in [0.4, 0.5) is 4.39 Å². The average Bonchev–Trinajstić information content (AvgIpc) is 3.03. The number of nitriles is 1. The molecule has 142 valence electrons. The topological polar surface area (TPSA) is 83.6 Å². The van der Waals surface area contributed by atoms with Gasteiger partial charge in [-0.25, -0.2) is 4.39 Å². The molecule has 1 saturated carbocycles. The number of carbonyl (C=O) groups is 1. The first-order valence-electron chi connectivity index (χ1n) is 9.00. The van der Waals surface area contributed by atoms with Crippen LogP contribution in [0.15, 0.2) is 29.4 Å². The highest BCUT2D eigenvalue weighted by atomic mass is 32.2. The minimum absolute atomic E-state index is 0.195. The van der Waals surface area contributed by atoms with Crippen LogP contribution >= 0.6 is 11.8 Å². The maximum atomic E-state index is 14.0. The maximum absolute atomic E-state index is 14.0. The number of halogens is 1. The molecule has 1 unspecified atom stereocenters. The van der Waals surface area contributed by atoms with E-state index < -0.39 is 10.8 Å². The lowest BCUT2D eigenvalue weighted by atomic mass is 9.83. The molecule has 0 spiro atoms. The van der Waals surface area contributed by atoms with Crippen molar-refractivity contribution in [3.8, 4) is 17.5 Å². The first-order chi connectivity index (χ1) is 13.0. The third-order valence-corrected chi connectivity index (χ3v) is 6.02. The van der Waals surface area contributed by atoms with Crippen LogP contribution in [-0.4, -0.2) is 31.5 Å². The molecule has 1 aromatic heterocycles. The Morgan fingerprint density at radius 3 is 2.70 bits per heavy atom. The number of nitrogens with one attached hydrogen (secondary N) is 1. The van der Waals surface area contributed by atoms with Crippen molar-refractivity contribution in [2.45, 2.75) is 55.0 Å². The molecule has 2 aromatic rings. The van der Waals surface area contributed by atoms with Crippen LogP contribution in [0, 0.1) is 17.1 Å². The van der Waals surface area contributed by atoms with E-state index in [1.165, 1.54) is 17.8 Å². The van der Waals surface area contributed by atoms with Gasteiger partial charge in [-0.2, -0.15) is 5.26 Å². The number of carbonyl (C=O) groups excluding carboxylic acids is 1. The lowest BCUT2D eigenvalue weighted by Crippen LogP contribution is -2.50. The van der Waals surface area contributed by atoms with Gasteiger partial charge in [-0.15, -0.1) is 10.2 Å².